The van der Waals surface area contributed by atoms with E-state index >= 15 is 0 Å². The SMILES string of the molecule is CCOc1ccc(-n2cc(-c3ccccc3)c3c(N4CCN(C(=O)/C=C/c5ccc(OC)cc5)CC4)ncnc32)cc1. The summed E-state index contributed by atoms with van der Waals surface area (Å²) in [4.78, 5) is 26.6. The summed E-state index contributed by atoms with van der Waals surface area (Å²) in [6, 6.07) is 26.0. The molecule has 8 heteroatoms. The zero-order valence-electron chi connectivity index (χ0n) is 23.8. The van der Waals surface area contributed by atoms with Gasteiger partial charge in [-0.25, -0.2) is 9.97 Å². The summed E-state index contributed by atoms with van der Waals surface area (Å²) in [5.41, 5.74) is 4.95. The summed E-state index contributed by atoms with van der Waals surface area (Å²) in [6.45, 7) is 5.17. The molecule has 1 fully saturated rings. The van der Waals surface area contributed by atoms with Crippen molar-refractivity contribution in [1.82, 2.24) is 19.4 Å². The minimum atomic E-state index is 0.00456. The number of benzene rings is 3. The van der Waals surface area contributed by atoms with Gasteiger partial charge in [-0.1, -0.05) is 42.5 Å². The van der Waals surface area contributed by atoms with E-state index in [2.05, 4.69) is 27.8 Å². The maximum Gasteiger partial charge on any atom is 0.246 e. The van der Waals surface area contributed by atoms with Gasteiger partial charge in [0.05, 0.1) is 19.1 Å². The number of nitrogens with zero attached hydrogens (tertiary/aromatic N) is 5. The number of aromatic nitrogens is 3. The van der Waals surface area contributed by atoms with Crippen molar-refractivity contribution in [3.05, 3.63) is 103 Å². The Kier molecular flexibility index (Phi) is 7.85. The summed E-state index contributed by atoms with van der Waals surface area (Å²) < 4.78 is 13.0. The maximum atomic E-state index is 13.0. The molecule has 0 N–H and O–H groups in total. The van der Waals surface area contributed by atoms with E-state index in [-0.39, 0.29) is 5.91 Å². The molecule has 3 heterocycles. The smallest absolute Gasteiger partial charge is 0.246 e. The Bertz CT molecular complexity index is 1690. The summed E-state index contributed by atoms with van der Waals surface area (Å²) >= 11 is 0. The first-order valence-electron chi connectivity index (χ1n) is 14.2. The molecule has 0 bridgehead atoms. The predicted molar refractivity (Wildman–Crippen MR) is 166 cm³/mol. The van der Waals surface area contributed by atoms with Crippen LogP contribution in [0.4, 0.5) is 5.82 Å². The summed E-state index contributed by atoms with van der Waals surface area (Å²) in [7, 11) is 1.64. The summed E-state index contributed by atoms with van der Waals surface area (Å²) in [5, 5.41) is 0.997. The van der Waals surface area contributed by atoms with E-state index in [0.717, 1.165) is 50.7 Å². The first kappa shape index (κ1) is 27.1. The van der Waals surface area contributed by atoms with Gasteiger partial charge < -0.3 is 23.8 Å². The second-order valence-corrected chi connectivity index (χ2v) is 10.0. The summed E-state index contributed by atoms with van der Waals surface area (Å²) in [5.74, 6) is 2.51. The van der Waals surface area contributed by atoms with Crippen LogP contribution < -0.4 is 14.4 Å². The second-order valence-electron chi connectivity index (χ2n) is 10.0. The third-order valence-corrected chi connectivity index (χ3v) is 7.50. The molecule has 8 nitrogen and oxygen atoms in total. The number of rotatable bonds is 8. The lowest BCUT2D eigenvalue weighted by Crippen LogP contribution is -2.48. The lowest BCUT2D eigenvalue weighted by molar-refractivity contribution is -0.126. The number of carbonyl (C=O) groups is 1. The van der Waals surface area contributed by atoms with Crippen molar-refractivity contribution in [2.75, 3.05) is 44.8 Å². The van der Waals surface area contributed by atoms with Crippen LogP contribution in [0.1, 0.15) is 12.5 Å². The van der Waals surface area contributed by atoms with E-state index in [1.807, 2.05) is 84.6 Å². The van der Waals surface area contributed by atoms with Crippen LogP contribution in [0.2, 0.25) is 0 Å². The minimum absolute atomic E-state index is 0.00456. The first-order chi connectivity index (χ1) is 20.6. The van der Waals surface area contributed by atoms with Gasteiger partial charge >= 0.3 is 0 Å². The molecule has 6 rings (SSSR count). The molecule has 0 atom stereocenters. The van der Waals surface area contributed by atoms with Crippen LogP contribution in [-0.2, 0) is 4.79 Å². The maximum absolute atomic E-state index is 13.0. The molecule has 0 unspecified atom stereocenters. The molecule has 0 radical (unpaired) electrons. The van der Waals surface area contributed by atoms with E-state index in [4.69, 9.17) is 19.4 Å². The normalized spacial score (nSPS) is 13.6. The number of anilines is 1. The zero-order chi connectivity index (χ0) is 28.9. The fourth-order valence-electron chi connectivity index (χ4n) is 5.32. The summed E-state index contributed by atoms with van der Waals surface area (Å²) in [6.07, 6.45) is 7.26. The van der Waals surface area contributed by atoms with E-state index in [1.54, 1.807) is 19.5 Å². The van der Waals surface area contributed by atoms with Crippen LogP contribution in [0.25, 0.3) is 33.9 Å². The van der Waals surface area contributed by atoms with Gasteiger partial charge in [0.1, 0.15) is 23.6 Å². The molecule has 1 aliphatic rings. The fraction of sp³-hybridized carbons (Fsp3) is 0.206. The number of carbonyl (C=O) groups excluding carboxylic acids is 1. The Hall–Kier alpha value is -5.11. The Morgan fingerprint density at radius 1 is 0.881 bits per heavy atom. The Morgan fingerprint density at radius 2 is 1.60 bits per heavy atom. The van der Waals surface area contributed by atoms with Crippen LogP contribution in [-0.4, -0.2) is 65.2 Å². The third-order valence-electron chi connectivity index (χ3n) is 7.50. The minimum Gasteiger partial charge on any atom is -0.497 e. The van der Waals surface area contributed by atoms with Gasteiger partial charge in [0.2, 0.25) is 5.91 Å². The molecule has 0 spiro atoms. The van der Waals surface area contributed by atoms with Crippen molar-refractivity contribution < 1.29 is 14.3 Å². The zero-order valence-corrected chi connectivity index (χ0v) is 23.8. The molecule has 2 aromatic heterocycles. The molecule has 0 saturated carbocycles. The molecule has 3 aromatic carbocycles. The second kappa shape index (κ2) is 12.2. The average molecular weight is 560 g/mol. The first-order valence-corrected chi connectivity index (χ1v) is 14.2. The van der Waals surface area contributed by atoms with Gasteiger partial charge in [-0.3, -0.25) is 4.79 Å². The molecule has 5 aromatic rings. The fourth-order valence-corrected chi connectivity index (χ4v) is 5.32. The lowest BCUT2D eigenvalue weighted by Gasteiger charge is -2.35. The highest BCUT2D eigenvalue weighted by Gasteiger charge is 2.25. The average Bonchev–Trinajstić information content (AvgIpc) is 3.45. The standard InChI is InChI=1S/C34H33N5O3/c1-3-42-29-16-12-27(13-17-29)39-23-30(26-7-5-4-6-8-26)32-33(35-24-36-34(32)39)38-21-19-37(20-22-38)31(40)18-11-25-9-14-28(41-2)15-10-25/h4-18,23-24H,3,19-22H2,1-2H3/b18-11+. The molecule has 1 aliphatic heterocycles. The van der Waals surface area contributed by atoms with Crippen molar-refractivity contribution in [2.24, 2.45) is 0 Å². The Balaban J connectivity index is 1.27. The van der Waals surface area contributed by atoms with Gasteiger partial charge in [-0.15, -0.1) is 0 Å². The van der Waals surface area contributed by atoms with Gasteiger partial charge in [0, 0.05) is 49.7 Å². The van der Waals surface area contributed by atoms with E-state index in [1.165, 1.54) is 0 Å². The third kappa shape index (κ3) is 5.56. The molecule has 212 valence electrons. The van der Waals surface area contributed by atoms with Crippen LogP contribution in [0.15, 0.2) is 97.5 Å². The quantitative estimate of drug-likeness (QED) is 0.222. The number of piperazine rings is 1. The number of hydrogen-bond acceptors (Lipinski definition) is 6. The van der Waals surface area contributed by atoms with Crippen LogP contribution >= 0.6 is 0 Å². The Morgan fingerprint density at radius 3 is 2.29 bits per heavy atom. The number of amides is 1. The largest absolute Gasteiger partial charge is 0.497 e. The van der Waals surface area contributed by atoms with Crippen LogP contribution in [0.5, 0.6) is 11.5 Å². The Labute approximate surface area is 245 Å². The van der Waals surface area contributed by atoms with Crippen LogP contribution in [0, 0.1) is 0 Å². The van der Waals surface area contributed by atoms with E-state index in [0.29, 0.717) is 32.8 Å². The molecular formula is C34H33N5O3. The van der Waals surface area contributed by atoms with Crippen molar-refractivity contribution in [1.29, 1.82) is 0 Å². The van der Waals surface area contributed by atoms with Crippen molar-refractivity contribution in [3.63, 3.8) is 0 Å². The highest BCUT2D eigenvalue weighted by molar-refractivity contribution is 6.02. The van der Waals surface area contributed by atoms with Gasteiger partial charge in [-0.2, -0.15) is 0 Å². The number of fused-ring (bicyclic) bond motifs is 1. The number of methoxy groups -OCH3 is 1. The van der Waals surface area contributed by atoms with Crippen molar-refractivity contribution >= 4 is 28.8 Å². The van der Waals surface area contributed by atoms with Crippen molar-refractivity contribution in [2.45, 2.75) is 6.92 Å². The van der Waals surface area contributed by atoms with E-state index < -0.39 is 0 Å². The number of hydrogen-bond donors (Lipinski definition) is 0. The topological polar surface area (TPSA) is 72.7 Å². The van der Waals surface area contributed by atoms with E-state index in [9.17, 15) is 4.79 Å². The molecule has 42 heavy (non-hydrogen) atoms. The predicted octanol–water partition coefficient (Wildman–Crippen LogP) is 5.86. The van der Waals surface area contributed by atoms with Crippen LogP contribution in [0.3, 0.4) is 0 Å². The number of ether oxygens (including phenoxy) is 2. The van der Waals surface area contributed by atoms with Gasteiger partial charge in [0.15, 0.2) is 5.65 Å². The molecule has 1 saturated heterocycles. The highest BCUT2D eigenvalue weighted by Crippen LogP contribution is 2.37. The monoisotopic (exact) mass is 559 g/mol. The molecular weight excluding hydrogens is 526 g/mol. The molecule has 1 amide bonds. The van der Waals surface area contributed by atoms with Gasteiger partial charge in [-0.05, 0) is 60.5 Å². The van der Waals surface area contributed by atoms with Crippen molar-refractivity contribution in [3.8, 4) is 28.3 Å². The lowest BCUT2D eigenvalue weighted by atomic mass is 10.1. The highest BCUT2D eigenvalue weighted by atomic mass is 16.5. The molecule has 0 aliphatic carbocycles. The van der Waals surface area contributed by atoms with Gasteiger partial charge in [0.25, 0.3) is 0 Å².